The second kappa shape index (κ2) is 7.90. The van der Waals surface area contributed by atoms with Gasteiger partial charge in [0.1, 0.15) is 12.1 Å². The highest BCUT2D eigenvalue weighted by molar-refractivity contribution is 6.34. The van der Waals surface area contributed by atoms with E-state index in [1.807, 2.05) is 0 Å². The van der Waals surface area contributed by atoms with Gasteiger partial charge in [-0.15, -0.1) is 0 Å². The highest BCUT2D eigenvalue weighted by Crippen LogP contribution is 2.42. The fraction of sp³-hybridized carbons (Fsp3) is 0.444. The average molecular weight is 439 g/mol. The molecule has 4 amide bonds. The molecule has 1 aliphatic carbocycles. The average Bonchev–Trinajstić information content (AvgIpc) is 3.49. The molecule has 2 unspecified atom stereocenters. The molecule has 1 saturated carbocycles. The number of halogens is 1. The van der Waals surface area contributed by atoms with Crippen LogP contribution in [-0.4, -0.2) is 51.8 Å². The van der Waals surface area contributed by atoms with Crippen LogP contribution in [-0.2, 0) is 19.1 Å². The predicted molar refractivity (Wildman–Crippen MR) is 104 cm³/mol. The van der Waals surface area contributed by atoms with E-state index in [0.29, 0.717) is 0 Å². The van der Waals surface area contributed by atoms with E-state index in [1.54, 1.807) is 6.92 Å². The zero-order chi connectivity index (χ0) is 22.2. The number of hydrogen-bond acceptors (Lipinski definition) is 7. The number of carbonyl (C=O) groups excluding carboxylic acids is 4. The predicted octanol–water partition coefficient (Wildman–Crippen LogP) is 1.84. The van der Waals surface area contributed by atoms with Crippen molar-refractivity contribution in [3.63, 3.8) is 0 Å². The summed E-state index contributed by atoms with van der Waals surface area (Å²) in [6.45, 7) is 2.30. The van der Waals surface area contributed by atoms with Crippen LogP contribution in [0.2, 0.25) is 5.02 Å². The second-order valence-electron chi connectivity index (χ2n) is 7.34. The minimum absolute atomic E-state index is 0.0473. The molecule has 2 fully saturated rings. The highest BCUT2D eigenvalue weighted by atomic mass is 35.5. The zero-order valence-electron chi connectivity index (χ0n) is 16.1. The summed E-state index contributed by atoms with van der Waals surface area (Å²) in [5, 5.41) is 15.7. The number of imide groups is 1. The Balaban J connectivity index is 1.56. The normalized spacial score (nSPS) is 21.8. The number of rotatable bonds is 7. The number of nitrogens with zero attached hydrogens (tertiary/aromatic N) is 2. The van der Waals surface area contributed by atoms with Crippen molar-refractivity contribution in [3.05, 3.63) is 33.3 Å². The van der Waals surface area contributed by atoms with Gasteiger partial charge in [-0.2, -0.15) is 0 Å². The summed E-state index contributed by atoms with van der Waals surface area (Å²) < 4.78 is 5.01. The minimum atomic E-state index is -1.26. The molecule has 3 rings (SSSR count). The fourth-order valence-electron chi connectivity index (χ4n) is 3.17. The molecule has 0 radical (unpaired) electrons. The first kappa shape index (κ1) is 21.5. The first-order valence-electron chi connectivity index (χ1n) is 9.11. The molecule has 0 aromatic heterocycles. The number of nitrogens with one attached hydrogen (secondary N) is 2. The Hall–Kier alpha value is -3.21. The molecule has 12 heteroatoms. The van der Waals surface area contributed by atoms with Crippen molar-refractivity contribution in [3.8, 4) is 0 Å². The van der Waals surface area contributed by atoms with Gasteiger partial charge in [0, 0.05) is 12.1 Å². The number of hydrogen-bond donors (Lipinski definition) is 2. The number of nitro groups is 1. The Morgan fingerprint density at radius 1 is 1.43 bits per heavy atom. The van der Waals surface area contributed by atoms with E-state index in [1.165, 1.54) is 13.0 Å². The summed E-state index contributed by atoms with van der Waals surface area (Å²) in [6.07, 6.45) is 0.381. The van der Waals surface area contributed by atoms with Crippen LogP contribution in [0.15, 0.2) is 18.2 Å². The lowest BCUT2D eigenvalue weighted by molar-refractivity contribution is -0.384. The number of carbonyl (C=O) groups is 4. The monoisotopic (exact) mass is 438 g/mol. The molecule has 160 valence electrons. The van der Waals surface area contributed by atoms with Crippen molar-refractivity contribution in [2.24, 2.45) is 5.92 Å². The Morgan fingerprint density at radius 3 is 2.67 bits per heavy atom. The Morgan fingerprint density at radius 2 is 2.10 bits per heavy atom. The molecule has 1 aromatic carbocycles. The van der Waals surface area contributed by atoms with Crippen LogP contribution in [0.1, 0.15) is 26.7 Å². The van der Waals surface area contributed by atoms with Gasteiger partial charge in [-0.1, -0.05) is 11.6 Å². The highest BCUT2D eigenvalue weighted by Gasteiger charge is 2.56. The molecule has 0 spiro atoms. The summed E-state index contributed by atoms with van der Waals surface area (Å²) in [5.74, 6) is -2.12. The van der Waals surface area contributed by atoms with Crippen LogP contribution in [0, 0.1) is 16.0 Å². The standard InChI is InChI=1S/C18H19ClN4O7/c1-9(15(25)20-13-6-5-11(23(28)29)7-12(13)19)30-14(24)8-22-16(26)18(2,10-3-4-10)21-17(22)27/h5-7,9-10H,3-4,8H2,1-2H3,(H,20,25)(H,21,27). The maximum Gasteiger partial charge on any atom is 0.327 e. The Kier molecular flexibility index (Phi) is 5.66. The third-order valence-corrected chi connectivity index (χ3v) is 5.39. The lowest BCUT2D eigenvalue weighted by atomic mass is 9.96. The van der Waals surface area contributed by atoms with E-state index in [9.17, 15) is 29.3 Å². The molecule has 1 aromatic rings. The number of non-ortho nitro benzene ring substituents is 1. The molecular formula is C18H19ClN4O7. The van der Waals surface area contributed by atoms with Crippen molar-refractivity contribution < 1.29 is 28.8 Å². The summed E-state index contributed by atoms with van der Waals surface area (Å²) >= 11 is 5.92. The van der Waals surface area contributed by atoms with Crippen LogP contribution in [0.4, 0.5) is 16.2 Å². The lowest BCUT2D eigenvalue weighted by Crippen LogP contribution is -2.46. The fourth-order valence-corrected chi connectivity index (χ4v) is 3.39. The van der Waals surface area contributed by atoms with E-state index >= 15 is 0 Å². The van der Waals surface area contributed by atoms with E-state index in [-0.39, 0.29) is 22.3 Å². The maximum absolute atomic E-state index is 12.5. The summed E-state index contributed by atoms with van der Waals surface area (Å²) in [7, 11) is 0. The maximum atomic E-state index is 12.5. The van der Waals surface area contributed by atoms with Gasteiger partial charge in [0.25, 0.3) is 17.5 Å². The first-order chi connectivity index (χ1) is 14.0. The molecule has 1 heterocycles. The van der Waals surface area contributed by atoms with Crippen molar-refractivity contribution in [1.82, 2.24) is 10.2 Å². The van der Waals surface area contributed by atoms with Crippen molar-refractivity contribution in [2.75, 3.05) is 11.9 Å². The molecule has 11 nitrogen and oxygen atoms in total. The number of esters is 1. The number of urea groups is 1. The van der Waals surface area contributed by atoms with Gasteiger partial charge in [-0.05, 0) is 38.7 Å². The van der Waals surface area contributed by atoms with Crippen LogP contribution in [0.5, 0.6) is 0 Å². The van der Waals surface area contributed by atoms with Gasteiger partial charge in [-0.25, -0.2) is 4.79 Å². The van der Waals surface area contributed by atoms with Crippen LogP contribution in [0.25, 0.3) is 0 Å². The molecule has 2 atom stereocenters. The molecule has 1 aliphatic heterocycles. The van der Waals surface area contributed by atoms with Gasteiger partial charge in [0.05, 0.1) is 15.6 Å². The van der Waals surface area contributed by atoms with Gasteiger partial charge < -0.3 is 15.4 Å². The van der Waals surface area contributed by atoms with Crippen molar-refractivity contribution >= 4 is 46.8 Å². The molecule has 2 aliphatic rings. The zero-order valence-corrected chi connectivity index (χ0v) is 16.9. The molecule has 2 N–H and O–H groups in total. The number of ether oxygens (including phenoxy) is 1. The van der Waals surface area contributed by atoms with Gasteiger partial charge in [0.15, 0.2) is 6.10 Å². The summed E-state index contributed by atoms with van der Waals surface area (Å²) in [6, 6.07) is 2.80. The number of nitro benzene ring substituents is 1. The van der Waals surface area contributed by atoms with Crippen LogP contribution in [0.3, 0.4) is 0 Å². The van der Waals surface area contributed by atoms with E-state index in [4.69, 9.17) is 16.3 Å². The van der Waals surface area contributed by atoms with E-state index in [2.05, 4.69) is 10.6 Å². The van der Waals surface area contributed by atoms with Gasteiger partial charge in [0.2, 0.25) is 0 Å². The molecule has 0 bridgehead atoms. The van der Waals surface area contributed by atoms with Gasteiger partial charge in [-0.3, -0.25) is 29.4 Å². The number of anilines is 1. The van der Waals surface area contributed by atoms with E-state index < -0.39 is 46.9 Å². The van der Waals surface area contributed by atoms with E-state index in [0.717, 1.165) is 29.9 Å². The SMILES string of the molecule is CC(OC(=O)CN1C(=O)NC(C)(C2CC2)C1=O)C(=O)Nc1ccc([N+](=O)[O-])cc1Cl. The third-order valence-electron chi connectivity index (χ3n) is 5.08. The lowest BCUT2D eigenvalue weighted by Gasteiger charge is -2.21. The second-order valence-corrected chi connectivity index (χ2v) is 7.75. The molecule has 30 heavy (non-hydrogen) atoms. The minimum Gasteiger partial charge on any atom is -0.451 e. The Labute approximate surface area is 175 Å². The smallest absolute Gasteiger partial charge is 0.327 e. The first-order valence-corrected chi connectivity index (χ1v) is 9.49. The van der Waals surface area contributed by atoms with Gasteiger partial charge >= 0.3 is 12.0 Å². The molecular weight excluding hydrogens is 420 g/mol. The topological polar surface area (TPSA) is 148 Å². The number of benzene rings is 1. The summed E-state index contributed by atoms with van der Waals surface area (Å²) in [5.41, 5.74) is -1.17. The number of amides is 4. The van der Waals surface area contributed by atoms with Crippen LogP contribution >= 0.6 is 11.6 Å². The summed E-state index contributed by atoms with van der Waals surface area (Å²) in [4.78, 5) is 59.9. The largest absolute Gasteiger partial charge is 0.451 e. The quantitative estimate of drug-likeness (QED) is 0.285. The Bertz CT molecular complexity index is 948. The molecule has 1 saturated heterocycles. The third kappa shape index (κ3) is 4.20. The van der Waals surface area contributed by atoms with Crippen LogP contribution < -0.4 is 10.6 Å². The van der Waals surface area contributed by atoms with Crippen molar-refractivity contribution in [2.45, 2.75) is 38.3 Å². The van der Waals surface area contributed by atoms with Crippen molar-refractivity contribution in [1.29, 1.82) is 0 Å².